The van der Waals surface area contributed by atoms with Crippen molar-refractivity contribution >= 4 is 28.9 Å². The van der Waals surface area contributed by atoms with Crippen LogP contribution in [0, 0.1) is 6.92 Å². The number of aliphatic hydroxyl groups excluding tert-OH is 1. The Hall–Kier alpha value is -1.37. The molecule has 2 aromatic heterocycles. The highest BCUT2D eigenvalue weighted by Crippen LogP contribution is 2.34. The molecule has 0 amide bonds. The number of thiophene rings is 1. The van der Waals surface area contributed by atoms with Gasteiger partial charge in [-0.05, 0) is 18.4 Å². The second kappa shape index (κ2) is 4.72. The Morgan fingerprint density at radius 3 is 2.78 bits per heavy atom. The SMILES string of the molecule is Cc1nn(C)c(Cl)c1C(O)c1sccc1C(=O)O. The van der Waals surface area contributed by atoms with Gasteiger partial charge < -0.3 is 10.2 Å². The molecule has 0 fully saturated rings. The largest absolute Gasteiger partial charge is 0.478 e. The second-order valence-corrected chi connectivity index (χ2v) is 5.13. The molecular weight excluding hydrogens is 276 g/mol. The summed E-state index contributed by atoms with van der Waals surface area (Å²) in [6, 6.07) is 1.46. The minimum absolute atomic E-state index is 0.0896. The normalized spacial score (nSPS) is 12.7. The van der Waals surface area contributed by atoms with E-state index in [1.165, 1.54) is 22.1 Å². The van der Waals surface area contributed by atoms with E-state index in [0.29, 0.717) is 21.3 Å². The molecule has 0 aromatic carbocycles. The van der Waals surface area contributed by atoms with Gasteiger partial charge in [0.05, 0.1) is 16.1 Å². The monoisotopic (exact) mass is 286 g/mol. The zero-order chi connectivity index (χ0) is 13.4. The molecule has 1 unspecified atom stereocenters. The summed E-state index contributed by atoms with van der Waals surface area (Å²) in [5.74, 6) is -1.07. The lowest BCUT2D eigenvalue weighted by molar-refractivity contribution is 0.0692. The Balaban J connectivity index is 2.51. The third-order valence-corrected chi connectivity index (χ3v) is 4.06. The molecule has 0 bridgehead atoms. The molecule has 96 valence electrons. The van der Waals surface area contributed by atoms with E-state index < -0.39 is 12.1 Å². The summed E-state index contributed by atoms with van der Waals surface area (Å²) in [5, 5.41) is 25.4. The van der Waals surface area contributed by atoms with E-state index in [2.05, 4.69) is 5.10 Å². The van der Waals surface area contributed by atoms with Crippen LogP contribution in [0.4, 0.5) is 0 Å². The summed E-state index contributed by atoms with van der Waals surface area (Å²) in [4.78, 5) is 11.4. The average Bonchev–Trinajstić information content (AvgIpc) is 2.85. The van der Waals surface area contributed by atoms with E-state index in [1.807, 2.05) is 0 Å². The first-order valence-corrected chi connectivity index (χ1v) is 6.37. The van der Waals surface area contributed by atoms with Crippen molar-refractivity contribution in [2.24, 2.45) is 7.05 Å². The first-order chi connectivity index (χ1) is 8.43. The number of nitrogens with zero attached hydrogens (tertiary/aromatic N) is 2. The fourth-order valence-electron chi connectivity index (χ4n) is 1.80. The number of carboxylic acid groups (broad SMARTS) is 1. The van der Waals surface area contributed by atoms with Crippen molar-refractivity contribution in [3.63, 3.8) is 0 Å². The number of aromatic nitrogens is 2. The van der Waals surface area contributed by atoms with Gasteiger partial charge in [0.2, 0.25) is 0 Å². The van der Waals surface area contributed by atoms with Gasteiger partial charge in [0.15, 0.2) is 0 Å². The number of carboxylic acids is 1. The molecule has 18 heavy (non-hydrogen) atoms. The number of aryl methyl sites for hydroxylation is 2. The smallest absolute Gasteiger partial charge is 0.336 e. The highest BCUT2D eigenvalue weighted by molar-refractivity contribution is 7.10. The van der Waals surface area contributed by atoms with Gasteiger partial charge in [-0.15, -0.1) is 11.3 Å². The lowest BCUT2D eigenvalue weighted by Crippen LogP contribution is -2.05. The highest BCUT2D eigenvalue weighted by Gasteiger charge is 2.26. The van der Waals surface area contributed by atoms with E-state index in [0.717, 1.165) is 0 Å². The van der Waals surface area contributed by atoms with Crippen molar-refractivity contribution in [3.8, 4) is 0 Å². The fraction of sp³-hybridized carbons (Fsp3) is 0.273. The third kappa shape index (κ3) is 2.03. The lowest BCUT2D eigenvalue weighted by Gasteiger charge is -2.10. The van der Waals surface area contributed by atoms with E-state index in [9.17, 15) is 9.90 Å². The predicted octanol–water partition coefficient (Wildman–Crippen LogP) is 2.22. The number of hydrogen-bond acceptors (Lipinski definition) is 4. The van der Waals surface area contributed by atoms with Crippen LogP contribution in [0.3, 0.4) is 0 Å². The summed E-state index contributed by atoms with van der Waals surface area (Å²) in [6.07, 6.45) is -1.07. The molecule has 0 saturated carbocycles. The van der Waals surface area contributed by atoms with Gasteiger partial charge in [-0.25, -0.2) is 4.79 Å². The number of carbonyl (C=O) groups is 1. The van der Waals surface area contributed by atoms with Crippen LogP contribution in [0.15, 0.2) is 11.4 Å². The lowest BCUT2D eigenvalue weighted by atomic mass is 10.1. The summed E-state index contributed by atoms with van der Waals surface area (Å²) in [6.45, 7) is 1.72. The number of rotatable bonds is 3. The van der Waals surface area contributed by atoms with Crippen LogP contribution in [-0.4, -0.2) is 26.0 Å². The van der Waals surface area contributed by atoms with Crippen molar-refractivity contribution in [2.45, 2.75) is 13.0 Å². The summed E-state index contributed by atoms with van der Waals surface area (Å²) in [5.41, 5.74) is 1.12. The topological polar surface area (TPSA) is 75.3 Å². The van der Waals surface area contributed by atoms with Crippen LogP contribution in [0.1, 0.15) is 32.6 Å². The standard InChI is InChI=1S/C11H11ClN2O3S/c1-5-7(10(12)14(2)13-5)8(15)9-6(11(16)17)3-4-18-9/h3-4,8,15H,1-2H3,(H,16,17). The van der Waals surface area contributed by atoms with Crippen molar-refractivity contribution in [1.82, 2.24) is 9.78 Å². The van der Waals surface area contributed by atoms with Crippen LogP contribution in [0.5, 0.6) is 0 Å². The first-order valence-electron chi connectivity index (χ1n) is 5.11. The van der Waals surface area contributed by atoms with Gasteiger partial charge in [-0.2, -0.15) is 5.10 Å². The zero-order valence-electron chi connectivity index (χ0n) is 9.72. The zero-order valence-corrected chi connectivity index (χ0v) is 11.3. The van der Waals surface area contributed by atoms with Crippen LogP contribution < -0.4 is 0 Å². The first kappa shape index (κ1) is 13.1. The molecular formula is C11H11ClN2O3S. The quantitative estimate of drug-likeness (QED) is 0.907. The van der Waals surface area contributed by atoms with Crippen LogP contribution in [-0.2, 0) is 7.05 Å². The van der Waals surface area contributed by atoms with Gasteiger partial charge in [0.25, 0.3) is 0 Å². The maximum absolute atomic E-state index is 11.0. The average molecular weight is 287 g/mol. The van der Waals surface area contributed by atoms with Crippen LogP contribution >= 0.6 is 22.9 Å². The molecule has 5 nitrogen and oxygen atoms in total. The van der Waals surface area contributed by atoms with Gasteiger partial charge in [0.1, 0.15) is 11.3 Å². The molecule has 2 N–H and O–H groups in total. The molecule has 1 atom stereocenters. The molecule has 0 radical (unpaired) electrons. The molecule has 0 aliphatic rings. The molecule has 0 spiro atoms. The van der Waals surface area contributed by atoms with Crippen LogP contribution in [0.25, 0.3) is 0 Å². The third-order valence-electron chi connectivity index (χ3n) is 2.64. The Labute approximate surface area is 112 Å². The Bertz CT molecular complexity index is 605. The van der Waals surface area contributed by atoms with Crippen molar-refractivity contribution in [1.29, 1.82) is 0 Å². The van der Waals surface area contributed by atoms with E-state index in [4.69, 9.17) is 16.7 Å². The minimum Gasteiger partial charge on any atom is -0.478 e. The summed E-state index contributed by atoms with van der Waals surface area (Å²) in [7, 11) is 1.66. The number of aromatic carboxylic acids is 1. The number of halogens is 1. The summed E-state index contributed by atoms with van der Waals surface area (Å²) >= 11 is 7.24. The van der Waals surface area contributed by atoms with Gasteiger partial charge in [0, 0.05) is 12.6 Å². The van der Waals surface area contributed by atoms with Gasteiger partial charge >= 0.3 is 5.97 Å². The molecule has 7 heteroatoms. The number of hydrogen-bond donors (Lipinski definition) is 2. The van der Waals surface area contributed by atoms with E-state index >= 15 is 0 Å². The summed E-state index contributed by atoms with van der Waals surface area (Å²) < 4.78 is 1.45. The highest BCUT2D eigenvalue weighted by atomic mass is 35.5. The molecule has 0 aliphatic carbocycles. The van der Waals surface area contributed by atoms with Crippen LogP contribution in [0.2, 0.25) is 5.15 Å². The van der Waals surface area contributed by atoms with E-state index in [-0.39, 0.29) is 5.56 Å². The predicted molar refractivity (Wildman–Crippen MR) is 68.3 cm³/mol. The molecule has 2 aromatic rings. The Morgan fingerprint density at radius 1 is 1.61 bits per heavy atom. The maximum Gasteiger partial charge on any atom is 0.336 e. The Morgan fingerprint density at radius 2 is 2.28 bits per heavy atom. The fourth-order valence-corrected chi connectivity index (χ4v) is 2.96. The minimum atomic E-state index is -1.07. The van der Waals surface area contributed by atoms with E-state index in [1.54, 1.807) is 19.4 Å². The number of aliphatic hydroxyl groups is 1. The van der Waals surface area contributed by atoms with Crippen molar-refractivity contribution in [2.75, 3.05) is 0 Å². The van der Waals surface area contributed by atoms with Crippen molar-refractivity contribution < 1.29 is 15.0 Å². The Kier molecular flexibility index (Phi) is 3.43. The molecule has 2 rings (SSSR count). The molecule has 2 heterocycles. The molecule has 0 aliphatic heterocycles. The van der Waals surface area contributed by atoms with Gasteiger partial charge in [-0.3, -0.25) is 4.68 Å². The second-order valence-electron chi connectivity index (χ2n) is 3.82. The molecule has 0 saturated heterocycles. The van der Waals surface area contributed by atoms with Gasteiger partial charge in [-0.1, -0.05) is 11.6 Å². The van der Waals surface area contributed by atoms with Crippen molar-refractivity contribution in [3.05, 3.63) is 38.3 Å². The maximum atomic E-state index is 11.0.